The number of hydrogen-bond donors (Lipinski definition) is 0. The largest absolute Gasteiger partial charge is 0.0876 e. The summed E-state index contributed by atoms with van der Waals surface area (Å²) in [5, 5.41) is 4.45. The van der Waals surface area contributed by atoms with Gasteiger partial charge < -0.3 is 0 Å². The SMILES string of the molecule is CC(Br)c1ccc(C(C)Br)c2c1-c1c(CBr)ccc3ccc(CBr)c-2c13. The first-order chi connectivity index (χ1) is 12.5. The van der Waals surface area contributed by atoms with Gasteiger partial charge in [0.05, 0.1) is 0 Å². The lowest BCUT2D eigenvalue weighted by Crippen LogP contribution is -1.97. The van der Waals surface area contributed by atoms with Crippen LogP contribution in [-0.2, 0) is 10.7 Å². The molecule has 1 aliphatic rings. The van der Waals surface area contributed by atoms with Crippen LogP contribution in [0.5, 0.6) is 0 Å². The highest BCUT2D eigenvalue weighted by atomic mass is 79.9. The lowest BCUT2D eigenvalue weighted by atomic mass is 9.90. The van der Waals surface area contributed by atoms with Gasteiger partial charge in [-0.15, -0.1) is 0 Å². The van der Waals surface area contributed by atoms with E-state index in [0.29, 0.717) is 9.65 Å². The Balaban J connectivity index is 2.27. The highest BCUT2D eigenvalue weighted by Crippen LogP contribution is 2.56. The first kappa shape index (κ1) is 19.2. The average Bonchev–Trinajstić information content (AvgIpc) is 2.99. The highest BCUT2D eigenvalue weighted by molar-refractivity contribution is 9.09. The molecule has 0 spiro atoms. The summed E-state index contributed by atoms with van der Waals surface area (Å²) in [5.41, 5.74) is 11.1. The molecule has 2 atom stereocenters. The van der Waals surface area contributed by atoms with Crippen LogP contribution in [0.25, 0.3) is 33.0 Å². The fourth-order valence-electron chi connectivity index (χ4n) is 4.13. The summed E-state index contributed by atoms with van der Waals surface area (Å²) in [6, 6.07) is 13.6. The zero-order valence-electron chi connectivity index (χ0n) is 14.5. The molecule has 0 heterocycles. The summed E-state index contributed by atoms with van der Waals surface area (Å²) in [5.74, 6) is 0. The van der Waals surface area contributed by atoms with E-state index in [2.05, 4.69) is 114 Å². The van der Waals surface area contributed by atoms with Gasteiger partial charge in [0.15, 0.2) is 0 Å². The van der Waals surface area contributed by atoms with Crippen LogP contribution in [0.1, 0.15) is 45.8 Å². The van der Waals surface area contributed by atoms with Crippen LogP contribution in [0.4, 0.5) is 0 Å². The van der Waals surface area contributed by atoms with Crippen molar-refractivity contribution in [3.05, 3.63) is 58.7 Å². The van der Waals surface area contributed by atoms with Gasteiger partial charge in [-0.3, -0.25) is 0 Å². The molecule has 0 saturated carbocycles. The molecule has 0 aromatic heterocycles. The normalized spacial score (nSPS) is 14.5. The maximum absolute atomic E-state index is 3.84. The molecule has 26 heavy (non-hydrogen) atoms. The second-order valence-electron chi connectivity index (χ2n) is 6.79. The molecule has 2 unspecified atom stereocenters. The number of alkyl halides is 4. The Kier molecular flexibility index (Phi) is 5.42. The Morgan fingerprint density at radius 1 is 0.654 bits per heavy atom. The Bertz CT molecular complexity index is 941. The van der Waals surface area contributed by atoms with Crippen molar-refractivity contribution < 1.29 is 0 Å². The number of hydrogen-bond acceptors (Lipinski definition) is 0. The van der Waals surface area contributed by atoms with Crippen molar-refractivity contribution in [2.45, 2.75) is 34.2 Å². The van der Waals surface area contributed by atoms with Crippen LogP contribution >= 0.6 is 63.7 Å². The maximum atomic E-state index is 3.84. The smallest absolute Gasteiger partial charge is 0.0373 e. The minimum absolute atomic E-state index is 0.302. The Morgan fingerprint density at radius 2 is 1.08 bits per heavy atom. The van der Waals surface area contributed by atoms with Gasteiger partial charge in [0, 0.05) is 20.3 Å². The molecule has 1 aliphatic carbocycles. The van der Waals surface area contributed by atoms with Crippen LogP contribution in [0.15, 0.2) is 36.4 Å². The van der Waals surface area contributed by atoms with E-state index in [-0.39, 0.29) is 0 Å². The van der Waals surface area contributed by atoms with E-state index in [1.807, 2.05) is 0 Å². The lowest BCUT2D eigenvalue weighted by molar-refractivity contribution is 1.09. The maximum Gasteiger partial charge on any atom is 0.0373 e. The van der Waals surface area contributed by atoms with Crippen molar-refractivity contribution >= 4 is 74.5 Å². The molecule has 0 nitrogen and oxygen atoms in total. The predicted molar refractivity (Wildman–Crippen MR) is 128 cm³/mol. The first-order valence-electron chi connectivity index (χ1n) is 8.64. The molecule has 4 heteroatoms. The summed E-state index contributed by atoms with van der Waals surface area (Å²) in [6.45, 7) is 4.43. The summed E-state index contributed by atoms with van der Waals surface area (Å²) in [4.78, 5) is 0.604. The van der Waals surface area contributed by atoms with Gasteiger partial charge in [-0.25, -0.2) is 0 Å². The zero-order chi connectivity index (χ0) is 18.6. The number of fused-ring (bicyclic) bond motifs is 3. The van der Waals surface area contributed by atoms with E-state index >= 15 is 0 Å². The van der Waals surface area contributed by atoms with Gasteiger partial charge in [-0.05, 0) is 69.1 Å². The fraction of sp³-hybridized carbons (Fsp3) is 0.273. The monoisotopic (exact) mass is 598 g/mol. The minimum atomic E-state index is 0.302. The van der Waals surface area contributed by atoms with Gasteiger partial charge in [0.25, 0.3) is 0 Å². The highest BCUT2D eigenvalue weighted by Gasteiger charge is 2.31. The molecule has 0 aliphatic heterocycles. The van der Waals surface area contributed by atoms with E-state index in [4.69, 9.17) is 0 Å². The van der Waals surface area contributed by atoms with Crippen LogP contribution in [0.3, 0.4) is 0 Å². The molecule has 0 fully saturated rings. The summed E-state index contributed by atoms with van der Waals surface area (Å²) < 4.78 is 0. The third-order valence-electron chi connectivity index (χ3n) is 5.27. The molecule has 0 bridgehead atoms. The molecule has 0 N–H and O–H groups in total. The Labute approximate surface area is 188 Å². The molecule has 0 amide bonds. The van der Waals surface area contributed by atoms with E-state index in [1.54, 1.807) is 0 Å². The average molecular weight is 602 g/mol. The van der Waals surface area contributed by atoms with Crippen LogP contribution in [0, 0.1) is 0 Å². The van der Waals surface area contributed by atoms with Crippen molar-refractivity contribution in [3.63, 3.8) is 0 Å². The number of halogens is 4. The third-order valence-corrected chi connectivity index (χ3v) is 7.47. The second-order valence-corrected chi connectivity index (χ2v) is 10.7. The van der Waals surface area contributed by atoms with Crippen molar-refractivity contribution in [3.8, 4) is 22.3 Å². The standard InChI is InChI=1S/C22H18Br4/c1-11(25)16-7-8-17(12(2)26)22-20-15(10-24)6-4-13-3-5-14(9-23)19(18(13)20)21(16)22/h3-8,11-12H,9-10H2,1-2H3. The minimum Gasteiger partial charge on any atom is -0.0876 e. The van der Waals surface area contributed by atoms with Gasteiger partial charge in [-0.2, -0.15) is 0 Å². The Hall–Kier alpha value is -0.160. The Morgan fingerprint density at radius 3 is 1.42 bits per heavy atom. The van der Waals surface area contributed by atoms with E-state index in [1.165, 1.54) is 55.3 Å². The van der Waals surface area contributed by atoms with E-state index in [9.17, 15) is 0 Å². The topological polar surface area (TPSA) is 0 Å². The van der Waals surface area contributed by atoms with Gasteiger partial charge in [-0.1, -0.05) is 100 Å². The second kappa shape index (κ2) is 7.35. The van der Waals surface area contributed by atoms with Gasteiger partial charge >= 0.3 is 0 Å². The van der Waals surface area contributed by atoms with E-state index in [0.717, 1.165) is 10.7 Å². The molecule has 4 rings (SSSR count). The molecule has 3 aromatic rings. The molecular weight excluding hydrogens is 584 g/mol. The molecule has 134 valence electrons. The van der Waals surface area contributed by atoms with Crippen LogP contribution in [0.2, 0.25) is 0 Å². The molecule has 0 radical (unpaired) electrons. The van der Waals surface area contributed by atoms with Crippen molar-refractivity contribution in [1.82, 2.24) is 0 Å². The first-order valence-corrected chi connectivity index (χ1v) is 12.7. The van der Waals surface area contributed by atoms with E-state index < -0.39 is 0 Å². The van der Waals surface area contributed by atoms with Crippen LogP contribution in [-0.4, -0.2) is 0 Å². The van der Waals surface area contributed by atoms with Crippen LogP contribution < -0.4 is 0 Å². The van der Waals surface area contributed by atoms with Crippen molar-refractivity contribution in [1.29, 1.82) is 0 Å². The summed E-state index contributed by atoms with van der Waals surface area (Å²) in [7, 11) is 0. The predicted octanol–water partition coefficient (Wildman–Crippen LogP) is 9.19. The fourth-order valence-corrected chi connectivity index (χ4v) is 5.83. The van der Waals surface area contributed by atoms with Gasteiger partial charge in [0.2, 0.25) is 0 Å². The zero-order valence-corrected chi connectivity index (χ0v) is 20.9. The molecule has 3 aromatic carbocycles. The third kappa shape index (κ3) is 2.78. The molecule has 0 saturated heterocycles. The van der Waals surface area contributed by atoms with Gasteiger partial charge in [0.1, 0.15) is 0 Å². The summed E-state index contributed by atoms with van der Waals surface area (Å²) in [6.07, 6.45) is 0. The van der Waals surface area contributed by atoms with Crippen molar-refractivity contribution in [2.75, 3.05) is 0 Å². The lowest BCUT2D eigenvalue weighted by Gasteiger charge is -2.19. The van der Waals surface area contributed by atoms with Crippen molar-refractivity contribution in [2.24, 2.45) is 0 Å². The quantitative estimate of drug-likeness (QED) is 0.205. The number of rotatable bonds is 4. The number of benzene rings is 3. The molecular formula is C22H18Br4. The summed E-state index contributed by atoms with van der Waals surface area (Å²) >= 11 is 15.1.